The van der Waals surface area contributed by atoms with Gasteiger partial charge >= 0.3 is 0 Å². The van der Waals surface area contributed by atoms with Gasteiger partial charge in [0.1, 0.15) is 0 Å². The first kappa shape index (κ1) is 15.0. The van der Waals surface area contributed by atoms with Crippen LogP contribution in [0.15, 0.2) is 24.3 Å². The standard InChI is InChI=1S/C16H24N2O2/c1-11-3-5-12(6-4-11)10-18(2)16(20)13-7-8-14(17)15(19)9-13/h3-6,13-15,19H,7-10,17H2,1-2H3/t13-,14+,15+/m0/s1. The van der Waals surface area contributed by atoms with Crippen LogP contribution in [-0.2, 0) is 11.3 Å². The van der Waals surface area contributed by atoms with Gasteiger partial charge in [0, 0.05) is 25.6 Å². The lowest BCUT2D eigenvalue weighted by Gasteiger charge is -2.32. The fourth-order valence-electron chi connectivity index (χ4n) is 2.75. The van der Waals surface area contributed by atoms with Crippen molar-refractivity contribution >= 4 is 5.91 Å². The number of hydrogen-bond acceptors (Lipinski definition) is 3. The second-order valence-corrected chi connectivity index (χ2v) is 5.92. The van der Waals surface area contributed by atoms with Crippen molar-refractivity contribution in [1.29, 1.82) is 0 Å². The Morgan fingerprint density at radius 2 is 2.00 bits per heavy atom. The van der Waals surface area contributed by atoms with Gasteiger partial charge in [0.25, 0.3) is 0 Å². The van der Waals surface area contributed by atoms with Crippen LogP contribution < -0.4 is 5.73 Å². The van der Waals surface area contributed by atoms with E-state index in [1.165, 1.54) is 5.56 Å². The van der Waals surface area contributed by atoms with Gasteiger partial charge in [-0.1, -0.05) is 29.8 Å². The molecule has 4 heteroatoms. The number of hydrogen-bond donors (Lipinski definition) is 2. The highest BCUT2D eigenvalue weighted by Crippen LogP contribution is 2.25. The summed E-state index contributed by atoms with van der Waals surface area (Å²) >= 11 is 0. The third kappa shape index (κ3) is 3.58. The third-order valence-corrected chi connectivity index (χ3v) is 4.13. The first-order valence-electron chi connectivity index (χ1n) is 7.21. The van der Waals surface area contributed by atoms with Crippen molar-refractivity contribution in [3.8, 4) is 0 Å². The summed E-state index contributed by atoms with van der Waals surface area (Å²) in [6, 6.07) is 8.02. The zero-order chi connectivity index (χ0) is 14.7. The van der Waals surface area contributed by atoms with E-state index in [0.717, 1.165) is 18.4 Å². The van der Waals surface area contributed by atoms with Crippen LogP contribution in [-0.4, -0.2) is 35.1 Å². The molecule has 1 saturated carbocycles. The summed E-state index contributed by atoms with van der Waals surface area (Å²) in [5, 5.41) is 9.80. The molecule has 3 N–H and O–H groups in total. The molecule has 1 amide bonds. The van der Waals surface area contributed by atoms with Crippen molar-refractivity contribution < 1.29 is 9.90 Å². The summed E-state index contributed by atoms with van der Waals surface area (Å²) in [7, 11) is 1.82. The van der Waals surface area contributed by atoms with E-state index in [0.29, 0.717) is 13.0 Å². The summed E-state index contributed by atoms with van der Waals surface area (Å²) in [5.74, 6) is 0.0109. The number of aliphatic hydroxyl groups is 1. The maximum Gasteiger partial charge on any atom is 0.225 e. The van der Waals surface area contributed by atoms with Gasteiger partial charge in [-0.3, -0.25) is 4.79 Å². The maximum atomic E-state index is 12.4. The minimum Gasteiger partial charge on any atom is -0.391 e. The Hall–Kier alpha value is -1.39. The number of rotatable bonds is 3. The van der Waals surface area contributed by atoms with Crippen LogP contribution in [0.1, 0.15) is 30.4 Å². The second kappa shape index (κ2) is 6.37. The van der Waals surface area contributed by atoms with Crippen molar-refractivity contribution in [2.24, 2.45) is 11.7 Å². The molecule has 2 rings (SSSR count). The highest BCUT2D eigenvalue weighted by Gasteiger charge is 2.32. The molecule has 0 heterocycles. The highest BCUT2D eigenvalue weighted by atomic mass is 16.3. The van der Waals surface area contributed by atoms with Gasteiger partial charge in [-0.15, -0.1) is 0 Å². The number of amides is 1. The molecule has 20 heavy (non-hydrogen) atoms. The van der Waals surface area contributed by atoms with Gasteiger partial charge in [-0.05, 0) is 31.7 Å². The topological polar surface area (TPSA) is 66.6 Å². The van der Waals surface area contributed by atoms with Gasteiger partial charge in [0.05, 0.1) is 6.10 Å². The van der Waals surface area contributed by atoms with Crippen molar-refractivity contribution in [1.82, 2.24) is 4.90 Å². The van der Waals surface area contributed by atoms with Crippen LogP contribution in [0.2, 0.25) is 0 Å². The number of nitrogens with two attached hydrogens (primary N) is 1. The van der Waals surface area contributed by atoms with E-state index in [2.05, 4.69) is 12.1 Å². The molecular formula is C16H24N2O2. The molecule has 0 spiro atoms. The lowest BCUT2D eigenvalue weighted by atomic mass is 9.83. The summed E-state index contributed by atoms with van der Waals surface area (Å²) in [6.45, 7) is 2.66. The predicted octanol–water partition coefficient (Wildman–Crippen LogP) is 1.44. The zero-order valence-corrected chi connectivity index (χ0v) is 12.2. The molecule has 0 aromatic heterocycles. The molecule has 0 unspecified atom stereocenters. The van der Waals surface area contributed by atoms with Gasteiger partial charge in [0.2, 0.25) is 5.91 Å². The van der Waals surface area contributed by atoms with E-state index >= 15 is 0 Å². The molecule has 1 aromatic carbocycles. The van der Waals surface area contributed by atoms with Gasteiger partial charge in [0.15, 0.2) is 0 Å². The summed E-state index contributed by atoms with van der Waals surface area (Å²) in [6.07, 6.45) is 1.43. The van der Waals surface area contributed by atoms with Crippen molar-refractivity contribution in [3.05, 3.63) is 35.4 Å². The van der Waals surface area contributed by atoms with Crippen LogP contribution >= 0.6 is 0 Å². The molecule has 1 fully saturated rings. The fourth-order valence-corrected chi connectivity index (χ4v) is 2.75. The van der Waals surface area contributed by atoms with Crippen molar-refractivity contribution in [2.45, 2.75) is 44.9 Å². The SMILES string of the molecule is Cc1ccc(CN(C)C(=O)[C@H]2CC[C@@H](N)[C@H](O)C2)cc1. The van der Waals surface area contributed by atoms with Gasteiger partial charge < -0.3 is 15.7 Å². The van der Waals surface area contributed by atoms with E-state index in [1.54, 1.807) is 4.90 Å². The Labute approximate surface area is 120 Å². The number of carbonyl (C=O) groups is 1. The molecule has 1 aliphatic carbocycles. The fraction of sp³-hybridized carbons (Fsp3) is 0.562. The van der Waals surface area contributed by atoms with Gasteiger partial charge in [-0.25, -0.2) is 0 Å². The molecule has 1 aromatic rings. The largest absolute Gasteiger partial charge is 0.391 e. The van der Waals surface area contributed by atoms with Crippen LogP contribution in [0.25, 0.3) is 0 Å². The molecular weight excluding hydrogens is 252 g/mol. The van der Waals surface area contributed by atoms with Crippen LogP contribution in [0.5, 0.6) is 0 Å². The molecule has 0 aliphatic heterocycles. The Bertz CT molecular complexity index is 458. The van der Waals surface area contributed by atoms with E-state index in [4.69, 9.17) is 5.73 Å². The minimum atomic E-state index is -0.550. The van der Waals surface area contributed by atoms with Gasteiger partial charge in [-0.2, -0.15) is 0 Å². The second-order valence-electron chi connectivity index (χ2n) is 5.92. The monoisotopic (exact) mass is 276 g/mol. The number of aryl methyl sites for hydroxylation is 1. The lowest BCUT2D eigenvalue weighted by Crippen LogP contribution is -2.44. The molecule has 1 aliphatic rings. The Morgan fingerprint density at radius 1 is 1.35 bits per heavy atom. The summed E-state index contributed by atoms with van der Waals surface area (Å²) in [4.78, 5) is 14.1. The third-order valence-electron chi connectivity index (χ3n) is 4.13. The first-order chi connectivity index (χ1) is 9.47. The van der Waals surface area contributed by atoms with Crippen LogP contribution in [0.3, 0.4) is 0 Å². The average Bonchev–Trinajstić information content (AvgIpc) is 2.43. The smallest absolute Gasteiger partial charge is 0.225 e. The molecule has 4 nitrogen and oxygen atoms in total. The molecule has 110 valence electrons. The average molecular weight is 276 g/mol. The van der Waals surface area contributed by atoms with E-state index in [1.807, 2.05) is 26.1 Å². The number of aliphatic hydroxyl groups excluding tert-OH is 1. The van der Waals surface area contributed by atoms with E-state index in [9.17, 15) is 9.90 Å². The van der Waals surface area contributed by atoms with E-state index < -0.39 is 6.10 Å². The Kier molecular flexibility index (Phi) is 4.78. The summed E-state index contributed by atoms with van der Waals surface area (Å²) in [5.41, 5.74) is 8.12. The Morgan fingerprint density at radius 3 is 2.60 bits per heavy atom. The van der Waals surface area contributed by atoms with E-state index in [-0.39, 0.29) is 17.9 Å². The number of nitrogens with zero attached hydrogens (tertiary/aromatic N) is 1. The summed E-state index contributed by atoms with van der Waals surface area (Å²) < 4.78 is 0. The van der Waals surface area contributed by atoms with Crippen LogP contribution in [0, 0.1) is 12.8 Å². The number of benzene rings is 1. The van der Waals surface area contributed by atoms with Crippen molar-refractivity contribution in [2.75, 3.05) is 7.05 Å². The van der Waals surface area contributed by atoms with Crippen LogP contribution in [0.4, 0.5) is 0 Å². The molecule has 0 bridgehead atoms. The Balaban J connectivity index is 1.93. The molecule has 0 saturated heterocycles. The molecule has 0 radical (unpaired) electrons. The normalized spacial score (nSPS) is 26.3. The first-order valence-corrected chi connectivity index (χ1v) is 7.21. The highest BCUT2D eigenvalue weighted by molar-refractivity contribution is 5.78. The number of carbonyl (C=O) groups excluding carboxylic acids is 1. The lowest BCUT2D eigenvalue weighted by molar-refractivity contribution is -0.137. The quantitative estimate of drug-likeness (QED) is 0.878. The maximum absolute atomic E-state index is 12.4. The van der Waals surface area contributed by atoms with Crippen molar-refractivity contribution in [3.63, 3.8) is 0 Å². The molecule has 3 atom stereocenters. The predicted molar refractivity (Wildman–Crippen MR) is 79.0 cm³/mol. The zero-order valence-electron chi connectivity index (χ0n) is 12.2. The minimum absolute atomic E-state index is 0.0970.